The molecule has 4 N–H and O–H groups in total. The molecule has 0 bridgehead atoms. The van der Waals surface area contributed by atoms with Crippen LogP contribution in [0.15, 0.2) is 53.4 Å². The van der Waals surface area contributed by atoms with Gasteiger partial charge in [-0.1, -0.05) is 12.1 Å². The third-order valence-corrected chi connectivity index (χ3v) is 4.19. The third-order valence-electron chi connectivity index (χ3n) is 3.05. The first-order valence-electron chi connectivity index (χ1n) is 7.17. The summed E-state index contributed by atoms with van der Waals surface area (Å²) in [6.45, 7) is 1.74. The van der Waals surface area contributed by atoms with E-state index in [1.807, 2.05) is 25.1 Å². The van der Waals surface area contributed by atoms with Crippen molar-refractivity contribution < 1.29 is 17.9 Å². The SMILES string of the molecule is Cc1cccc(OCC(=O)NC(=S)Nc2ccc(S(N)(=O)=O)cc2)c1. The number of thiocarbonyl (C=S) groups is 1. The highest BCUT2D eigenvalue weighted by Crippen LogP contribution is 2.13. The number of anilines is 1. The summed E-state index contributed by atoms with van der Waals surface area (Å²) < 4.78 is 27.7. The Morgan fingerprint density at radius 3 is 2.48 bits per heavy atom. The van der Waals surface area contributed by atoms with Gasteiger partial charge in [-0.2, -0.15) is 0 Å². The summed E-state index contributed by atoms with van der Waals surface area (Å²) in [5, 5.41) is 10.3. The summed E-state index contributed by atoms with van der Waals surface area (Å²) in [6, 6.07) is 13.0. The number of carbonyl (C=O) groups excluding carboxylic acids is 1. The zero-order chi connectivity index (χ0) is 18.4. The van der Waals surface area contributed by atoms with Crippen LogP contribution in [0.25, 0.3) is 0 Å². The zero-order valence-electron chi connectivity index (χ0n) is 13.4. The predicted octanol–water partition coefficient (Wildman–Crippen LogP) is 1.53. The summed E-state index contributed by atoms with van der Waals surface area (Å²) in [7, 11) is -3.75. The van der Waals surface area contributed by atoms with E-state index in [1.54, 1.807) is 6.07 Å². The smallest absolute Gasteiger partial charge is 0.264 e. The van der Waals surface area contributed by atoms with Gasteiger partial charge in [-0.05, 0) is 61.1 Å². The van der Waals surface area contributed by atoms with Gasteiger partial charge in [0.05, 0.1) is 4.90 Å². The van der Waals surface area contributed by atoms with Crippen LogP contribution in [0, 0.1) is 6.92 Å². The summed E-state index contributed by atoms with van der Waals surface area (Å²) in [5.41, 5.74) is 1.54. The molecule has 0 aliphatic rings. The Bertz CT molecular complexity index is 881. The van der Waals surface area contributed by atoms with Crippen molar-refractivity contribution in [1.82, 2.24) is 5.32 Å². The second-order valence-electron chi connectivity index (χ2n) is 5.18. The minimum absolute atomic E-state index is 0.0143. The summed E-state index contributed by atoms with van der Waals surface area (Å²) in [4.78, 5) is 11.8. The van der Waals surface area contributed by atoms with Gasteiger partial charge in [0.25, 0.3) is 5.91 Å². The van der Waals surface area contributed by atoms with Crippen molar-refractivity contribution in [2.24, 2.45) is 5.14 Å². The number of carbonyl (C=O) groups is 1. The van der Waals surface area contributed by atoms with E-state index in [1.165, 1.54) is 24.3 Å². The fourth-order valence-corrected chi connectivity index (χ4v) is 2.65. The Hall–Kier alpha value is -2.49. The molecule has 0 fully saturated rings. The van der Waals surface area contributed by atoms with E-state index in [2.05, 4.69) is 10.6 Å². The number of nitrogens with one attached hydrogen (secondary N) is 2. The van der Waals surface area contributed by atoms with Crippen LogP contribution in [0.1, 0.15) is 5.56 Å². The quantitative estimate of drug-likeness (QED) is 0.680. The molecule has 0 aliphatic carbocycles. The van der Waals surface area contributed by atoms with Crippen LogP contribution in [0.5, 0.6) is 5.75 Å². The van der Waals surface area contributed by atoms with Crippen LogP contribution in [-0.4, -0.2) is 26.0 Å². The van der Waals surface area contributed by atoms with E-state index < -0.39 is 15.9 Å². The van der Waals surface area contributed by atoms with Gasteiger partial charge in [-0.3, -0.25) is 10.1 Å². The molecule has 0 atom stereocenters. The fourth-order valence-electron chi connectivity index (χ4n) is 1.91. The second kappa shape index (κ2) is 8.06. The molecule has 25 heavy (non-hydrogen) atoms. The van der Waals surface area contributed by atoms with Crippen molar-refractivity contribution in [1.29, 1.82) is 0 Å². The number of hydrogen-bond acceptors (Lipinski definition) is 5. The predicted molar refractivity (Wildman–Crippen MR) is 98.9 cm³/mol. The van der Waals surface area contributed by atoms with Crippen LogP contribution in [0.3, 0.4) is 0 Å². The van der Waals surface area contributed by atoms with Crippen LogP contribution in [0.4, 0.5) is 5.69 Å². The first-order valence-corrected chi connectivity index (χ1v) is 9.13. The lowest BCUT2D eigenvalue weighted by Crippen LogP contribution is -2.37. The number of aryl methyl sites for hydroxylation is 1. The monoisotopic (exact) mass is 379 g/mol. The first kappa shape index (κ1) is 18.8. The summed E-state index contributed by atoms with van der Waals surface area (Å²) >= 11 is 5.03. The Labute approximate surface area is 151 Å². The van der Waals surface area contributed by atoms with Gasteiger partial charge in [0, 0.05) is 5.69 Å². The number of primary sulfonamides is 1. The molecule has 2 rings (SSSR count). The lowest BCUT2D eigenvalue weighted by Gasteiger charge is -2.11. The van der Waals surface area contributed by atoms with Crippen molar-refractivity contribution >= 4 is 38.9 Å². The van der Waals surface area contributed by atoms with Gasteiger partial charge in [0.1, 0.15) is 5.75 Å². The molecule has 2 aromatic carbocycles. The minimum Gasteiger partial charge on any atom is -0.484 e. The number of ether oxygens (including phenoxy) is 1. The molecule has 2 aromatic rings. The molecular weight excluding hydrogens is 362 g/mol. The molecule has 7 nitrogen and oxygen atoms in total. The maximum atomic E-state index is 11.8. The number of rotatable bonds is 5. The van der Waals surface area contributed by atoms with Crippen LogP contribution < -0.4 is 20.5 Å². The Kier molecular flexibility index (Phi) is 6.07. The average molecular weight is 379 g/mol. The van der Waals surface area contributed by atoms with Gasteiger partial charge in [-0.15, -0.1) is 0 Å². The van der Waals surface area contributed by atoms with E-state index in [4.69, 9.17) is 22.1 Å². The van der Waals surface area contributed by atoms with Crippen LogP contribution >= 0.6 is 12.2 Å². The topological polar surface area (TPSA) is 111 Å². The number of sulfonamides is 1. The standard InChI is InChI=1S/C16H17N3O4S2/c1-11-3-2-4-13(9-11)23-10-15(20)19-16(24)18-12-5-7-14(8-6-12)25(17,21)22/h2-9H,10H2,1H3,(H2,17,21,22)(H2,18,19,20,24). The highest BCUT2D eigenvalue weighted by atomic mass is 32.2. The van der Waals surface area contributed by atoms with Crippen molar-refractivity contribution in [2.75, 3.05) is 11.9 Å². The van der Waals surface area contributed by atoms with Gasteiger partial charge < -0.3 is 10.1 Å². The van der Waals surface area contributed by atoms with E-state index in [9.17, 15) is 13.2 Å². The maximum Gasteiger partial charge on any atom is 0.264 e. The maximum absolute atomic E-state index is 11.8. The molecule has 0 radical (unpaired) electrons. The molecule has 9 heteroatoms. The summed E-state index contributed by atoms with van der Waals surface area (Å²) in [6.07, 6.45) is 0. The molecule has 0 unspecified atom stereocenters. The van der Waals surface area contributed by atoms with Gasteiger partial charge in [-0.25, -0.2) is 13.6 Å². The van der Waals surface area contributed by atoms with Gasteiger partial charge >= 0.3 is 0 Å². The third kappa shape index (κ3) is 6.14. The van der Waals surface area contributed by atoms with Crippen LogP contribution in [-0.2, 0) is 14.8 Å². The van der Waals surface area contributed by atoms with E-state index >= 15 is 0 Å². The number of benzene rings is 2. The zero-order valence-corrected chi connectivity index (χ0v) is 15.0. The van der Waals surface area contributed by atoms with Gasteiger partial charge in [0.15, 0.2) is 11.7 Å². The molecule has 1 amide bonds. The lowest BCUT2D eigenvalue weighted by molar-refractivity contribution is -0.121. The molecule has 132 valence electrons. The largest absolute Gasteiger partial charge is 0.484 e. The normalized spacial score (nSPS) is 10.8. The second-order valence-corrected chi connectivity index (χ2v) is 7.15. The molecule has 0 aromatic heterocycles. The summed E-state index contributed by atoms with van der Waals surface area (Å²) in [5.74, 6) is 0.174. The molecule has 0 saturated heterocycles. The number of amides is 1. The first-order chi connectivity index (χ1) is 11.7. The van der Waals surface area contributed by atoms with Crippen molar-refractivity contribution in [3.05, 3.63) is 54.1 Å². The lowest BCUT2D eigenvalue weighted by atomic mass is 10.2. The van der Waals surface area contributed by atoms with Crippen molar-refractivity contribution in [3.8, 4) is 5.75 Å². The number of nitrogens with two attached hydrogens (primary N) is 1. The molecule has 0 spiro atoms. The van der Waals surface area contributed by atoms with Gasteiger partial charge in [0.2, 0.25) is 10.0 Å². The minimum atomic E-state index is -3.75. The Balaban J connectivity index is 1.84. The molecule has 0 heterocycles. The fraction of sp³-hybridized carbons (Fsp3) is 0.125. The highest BCUT2D eigenvalue weighted by Gasteiger charge is 2.09. The Morgan fingerprint density at radius 2 is 1.88 bits per heavy atom. The van der Waals surface area contributed by atoms with E-state index in [0.717, 1.165) is 5.56 Å². The molecule has 0 saturated carbocycles. The average Bonchev–Trinajstić information content (AvgIpc) is 2.52. The highest BCUT2D eigenvalue weighted by molar-refractivity contribution is 7.89. The Morgan fingerprint density at radius 1 is 1.20 bits per heavy atom. The van der Waals surface area contributed by atoms with E-state index in [0.29, 0.717) is 11.4 Å². The van der Waals surface area contributed by atoms with Crippen molar-refractivity contribution in [3.63, 3.8) is 0 Å². The van der Waals surface area contributed by atoms with E-state index in [-0.39, 0.29) is 16.6 Å². The van der Waals surface area contributed by atoms with Crippen LogP contribution in [0.2, 0.25) is 0 Å². The van der Waals surface area contributed by atoms with Crippen molar-refractivity contribution in [2.45, 2.75) is 11.8 Å². The molecule has 0 aliphatic heterocycles. The molecular formula is C16H17N3O4S2. The number of hydrogen-bond donors (Lipinski definition) is 3.